The molecule has 0 spiro atoms. The lowest BCUT2D eigenvalue weighted by molar-refractivity contribution is 0.621. The SMILES string of the molecule is CCc1nn(C)c(Cn2c(C)c(Br)c(C)nc2=O)c1Br. The van der Waals surface area contributed by atoms with Crippen LogP contribution in [0.4, 0.5) is 0 Å². The average molecular weight is 404 g/mol. The van der Waals surface area contributed by atoms with Gasteiger partial charge in [-0.3, -0.25) is 9.25 Å². The molecule has 0 fully saturated rings. The quantitative estimate of drug-likeness (QED) is 0.791. The molecule has 0 atom stereocenters. The second-order valence-corrected chi connectivity index (χ2v) is 6.24. The largest absolute Gasteiger partial charge is 0.348 e. The van der Waals surface area contributed by atoms with Crippen molar-refractivity contribution in [1.82, 2.24) is 19.3 Å². The summed E-state index contributed by atoms with van der Waals surface area (Å²) >= 11 is 7.05. The number of hydrogen-bond donors (Lipinski definition) is 0. The van der Waals surface area contributed by atoms with Crippen molar-refractivity contribution in [3.63, 3.8) is 0 Å². The second kappa shape index (κ2) is 5.81. The summed E-state index contributed by atoms with van der Waals surface area (Å²) < 4.78 is 5.29. The van der Waals surface area contributed by atoms with Crippen LogP contribution in [0, 0.1) is 13.8 Å². The van der Waals surface area contributed by atoms with Crippen molar-refractivity contribution in [2.45, 2.75) is 33.7 Å². The summed E-state index contributed by atoms with van der Waals surface area (Å²) in [5.74, 6) is 0. The molecule has 2 aromatic rings. The molecule has 0 aliphatic carbocycles. The van der Waals surface area contributed by atoms with Crippen LogP contribution in [0.2, 0.25) is 0 Å². The van der Waals surface area contributed by atoms with E-state index in [1.165, 1.54) is 0 Å². The standard InChI is InChI=1S/C13H16Br2N4O/c1-5-9-12(15)10(18(4)17-9)6-19-8(3)11(14)7(2)16-13(19)20/h5-6H2,1-4H3. The predicted molar refractivity (Wildman–Crippen MR) is 85.1 cm³/mol. The van der Waals surface area contributed by atoms with E-state index in [-0.39, 0.29) is 5.69 Å². The van der Waals surface area contributed by atoms with E-state index >= 15 is 0 Å². The zero-order valence-electron chi connectivity index (χ0n) is 11.9. The second-order valence-electron chi connectivity index (χ2n) is 4.65. The monoisotopic (exact) mass is 402 g/mol. The van der Waals surface area contributed by atoms with Crippen LogP contribution >= 0.6 is 31.9 Å². The fraction of sp³-hybridized carbons (Fsp3) is 0.462. The van der Waals surface area contributed by atoms with Crippen LogP contribution in [0.5, 0.6) is 0 Å². The lowest BCUT2D eigenvalue weighted by Gasteiger charge is -2.12. The molecular weight excluding hydrogens is 388 g/mol. The van der Waals surface area contributed by atoms with Crippen LogP contribution in [-0.2, 0) is 20.0 Å². The van der Waals surface area contributed by atoms with Gasteiger partial charge in [0.2, 0.25) is 0 Å². The van der Waals surface area contributed by atoms with Gasteiger partial charge in [0.1, 0.15) is 0 Å². The zero-order valence-corrected chi connectivity index (χ0v) is 15.0. The molecular formula is C13H16Br2N4O. The Morgan fingerprint density at radius 1 is 1.20 bits per heavy atom. The van der Waals surface area contributed by atoms with E-state index in [9.17, 15) is 4.79 Å². The average Bonchev–Trinajstić information content (AvgIpc) is 2.67. The van der Waals surface area contributed by atoms with E-state index in [0.29, 0.717) is 12.2 Å². The summed E-state index contributed by atoms with van der Waals surface area (Å²) in [6, 6.07) is 0. The minimum Gasteiger partial charge on any atom is -0.289 e. The predicted octanol–water partition coefficient (Wildman–Crippen LogP) is 2.73. The first-order valence-corrected chi connectivity index (χ1v) is 7.89. The normalized spacial score (nSPS) is 11.1. The van der Waals surface area contributed by atoms with Crippen LogP contribution in [0.1, 0.15) is 29.7 Å². The molecule has 0 amide bonds. The number of aromatic nitrogens is 4. The summed E-state index contributed by atoms with van der Waals surface area (Å²) in [6.07, 6.45) is 0.845. The summed E-state index contributed by atoms with van der Waals surface area (Å²) in [5.41, 5.74) is 3.29. The number of halogens is 2. The molecule has 0 radical (unpaired) electrons. The molecule has 20 heavy (non-hydrogen) atoms. The van der Waals surface area contributed by atoms with Crippen molar-refractivity contribution in [3.05, 3.63) is 42.2 Å². The Morgan fingerprint density at radius 3 is 2.40 bits per heavy atom. The molecule has 0 aliphatic rings. The molecule has 2 aromatic heterocycles. The van der Waals surface area contributed by atoms with Crippen molar-refractivity contribution >= 4 is 31.9 Å². The smallest absolute Gasteiger partial charge is 0.289 e. The Bertz CT molecular complexity index is 718. The lowest BCUT2D eigenvalue weighted by Crippen LogP contribution is -2.27. The van der Waals surface area contributed by atoms with Gasteiger partial charge in [-0.1, -0.05) is 6.92 Å². The van der Waals surface area contributed by atoms with E-state index in [0.717, 1.165) is 32.4 Å². The third-order valence-electron chi connectivity index (χ3n) is 3.35. The highest BCUT2D eigenvalue weighted by atomic mass is 79.9. The summed E-state index contributed by atoms with van der Waals surface area (Å²) in [5, 5.41) is 4.45. The van der Waals surface area contributed by atoms with Gasteiger partial charge < -0.3 is 0 Å². The maximum atomic E-state index is 12.1. The maximum absolute atomic E-state index is 12.1. The molecule has 0 aliphatic heterocycles. The van der Waals surface area contributed by atoms with E-state index < -0.39 is 0 Å². The van der Waals surface area contributed by atoms with Crippen LogP contribution in [-0.4, -0.2) is 19.3 Å². The summed E-state index contributed by atoms with van der Waals surface area (Å²) in [6.45, 7) is 6.22. The molecule has 0 unspecified atom stereocenters. The summed E-state index contributed by atoms with van der Waals surface area (Å²) in [4.78, 5) is 16.1. The Morgan fingerprint density at radius 2 is 1.85 bits per heavy atom. The first kappa shape index (κ1) is 15.4. The Labute approximate surface area is 134 Å². The van der Waals surface area contributed by atoms with Crippen LogP contribution < -0.4 is 5.69 Å². The van der Waals surface area contributed by atoms with E-state index in [1.807, 2.05) is 25.6 Å². The van der Waals surface area contributed by atoms with Gasteiger partial charge in [-0.15, -0.1) is 0 Å². The summed E-state index contributed by atoms with van der Waals surface area (Å²) in [7, 11) is 1.89. The molecule has 7 heteroatoms. The number of rotatable bonds is 3. The fourth-order valence-electron chi connectivity index (χ4n) is 2.10. The molecule has 0 bridgehead atoms. The van der Waals surface area contributed by atoms with E-state index in [2.05, 4.69) is 48.9 Å². The molecule has 0 N–H and O–H groups in total. The molecule has 0 saturated carbocycles. The van der Waals surface area contributed by atoms with Gasteiger partial charge in [0.15, 0.2) is 0 Å². The third kappa shape index (κ3) is 2.61. The van der Waals surface area contributed by atoms with Crippen molar-refractivity contribution in [2.24, 2.45) is 7.05 Å². The Kier molecular flexibility index (Phi) is 4.49. The topological polar surface area (TPSA) is 52.7 Å². The van der Waals surface area contributed by atoms with E-state index in [1.54, 1.807) is 4.57 Å². The Hall–Kier alpha value is -0.950. The third-order valence-corrected chi connectivity index (χ3v) is 5.41. The molecule has 0 aromatic carbocycles. The van der Waals surface area contributed by atoms with Crippen molar-refractivity contribution < 1.29 is 0 Å². The number of hydrogen-bond acceptors (Lipinski definition) is 3. The van der Waals surface area contributed by atoms with Crippen LogP contribution in [0.25, 0.3) is 0 Å². The molecule has 2 heterocycles. The molecule has 5 nitrogen and oxygen atoms in total. The van der Waals surface area contributed by atoms with Crippen molar-refractivity contribution in [2.75, 3.05) is 0 Å². The number of aryl methyl sites for hydroxylation is 3. The highest BCUT2D eigenvalue weighted by molar-refractivity contribution is 9.10. The van der Waals surface area contributed by atoms with Gasteiger partial charge in [0, 0.05) is 12.7 Å². The zero-order chi connectivity index (χ0) is 15.0. The minimum atomic E-state index is -0.241. The Balaban J connectivity index is 2.54. The van der Waals surface area contributed by atoms with Gasteiger partial charge in [-0.05, 0) is 52.1 Å². The molecule has 108 valence electrons. The maximum Gasteiger partial charge on any atom is 0.348 e. The molecule has 0 saturated heterocycles. The van der Waals surface area contributed by atoms with Gasteiger partial charge in [0.25, 0.3) is 0 Å². The first-order valence-electron chi connectivity index (χ1n) is 6.30. The number of nitrogens with zero attached hydrogens (tertiary/aromatic N) is 4. The van der Waals surface area contributed by atoms with Crippen LogP contribution in [0.15, 0.2) is 13.7 Å². The highest BCUT2D eigenvalue weighted by Crippen LogP contribution is 2.23. The lowest BCUT2D eigenvalue weighted by atomic mass is 10.3. The fourth-order valence-corrected chi connectivity index (χ4v) is 3.15. The van der Waals surface area contributed by atoms with Gasteiger partial charge in [-0.25, -0.2) is 4.79 Å². The first-order chi connectivity index (χ1) is 9.36. The minimum absolute atomic E-state index is 0.241. The highest BCUT2D eigenvalue weighted by Gasteiger charge is 2.16. The van der Waals surface area contributed by atoms with Crippen molar-refractivity contribution in [3.8, 4) is 0 Å². The van der Waals surface area contributed by atoms with Gasteiger partial charge >= 0.3 is 5.69 Å². The van der Waals surface area contributed by atoms with E-state index in [4.69, 9.17) is 0 Å². The van der Waals surface area contributed by atoms with Gasteiger partial charge in [-0.2, -0.15) is 10.1 Å². The molecule has 2 rings (SSSR count). The van der Waals surface area contributed by atoms with Crippen LogP contribution in [0.3, 0.4) is 0 Å². The van der Waals surface area contributed by atoms with Gasteiger partial charge in [0.05, 0.1) is 32.6 Å². The van der Waals surface area contributed by atoms with Crippen molar-refractivity contribution in [1.29, 1.82) is 0 Å².